The topological polar surface area (TPSA) is 28.2 Å². The van der Waals surface area contributed by atoms with Gasteiger partial charge in [0.25, 0.3) is 0 Å². The number of rotatable bonds is 4. The molecule has 108 valence electrons. The molecule has 0 amide bonds. The molecule has 0 bridgehead atoms. The second-order valence-electron chi connectivity index (χ2n) is 5.63. The van der Waals surface area contributed by atoms with Gasteiger partial charge in [0.2, 0.25) is 0 Å². The summed E-state index contributed by atoms with van der Waals surface area (Å²) >= 11 is 0. The molecule has 0 spiro atoms. The Hall–Kier alpha value is -1.89. The van der Waals surface area contributed by atoms with E-state index in [1.807, 2.05) is 12.3 Å². The normalized spacial score (nSPS) is 16.9. The number of hydrogen-bond donors (Lipinski definition) is 1. The summed E-state index contributed by atoms with van der Waals surface area (Å²) in [7, 11) is 0. The number of terminal acetylenes is 1. The van der Waals surface area contributed by atoms with E-state index in [1.54, 1.807) is 0 Å². The maximum atomic E-state index is 5.37. The first-order valence-corrected chi connectivity index (χ1v) is 7.58. The first kappa shape index (κ1) is 14.1. The monoisotopic (exact) mass is 279 g/mol. The van der Waals surface area contributed by atoms with Crippen LogP contribution >= 0.6 is 0 Å². The Bertz CT molecular complexity index is 631. The quantitative estimate of drug-likeness (QED) is 0.871. The van der Waals surface area contributed by atoms with Crippen molar-refractivity contribution >= 4 is 10.9 Å². The Kier molecular flexibility index (Phi) is 4.49. The minimum atomic E-state index is 0.581. The van der Waals surface area contributed by atoms with Gasteiger partial charge in [-0.15, -0.1) is 6.42 Å². The van der Waals surface area contributed by atoms with E-state index in [1.165, 1.54) is 23.8 Å². The highest BCUT2D eigenvalue weighted by molar-refractivity contribution is 5.81. The Morgan fingerprint density at radius 2 is 2.05 bits per heavy atom. The van der Waals surface area contributed by atoms with Crippen molar-refractivity contribution in [3.63, 3.8) is 0 Å². The molecule has 2 aromatic rings. The van der Waals surface area contributed by atoms with Crippen LogP contribution in [0, 0.1) is 12.3 Å². The van der Waals surface area contributed by atoms with Gasteiger partial charge >= 0.3 is 0 Å². The van der Waals surface area contributed by atoms with E-state index in [0.717, 1.165) is 31.7 Å². The number of pyridine rings is 1. The largest absolute Gasteiger partial charge is 0.310 e. The van der Waals surface area contributed by atoms with E-state index in [-0.39, 0.29) is 0 Å². The molecule has 3 nitrogen and oxygen atoms in total. The van der Waals surface area contributed by atoms with Gasteiger partial charge in [-0.1, -0.05) is 30.2 Å². The highest BCUT2D eigenvalue weighted by Crippen LogP contribution is 2.17. The third kappa shape index (κ3) is 3.41. The van der Waals surface area contributed by atoms with Gasteiger partial charge in [-0.25, -0.2) is 0 Å². The van der Waals surface area contributed by atoms with E-state index in [4.69, 9.17) is 6.42 Å². The zero-order valence-corrected chi connectivity index (χ0v) is 12.3. The van der Waals surface area contributed by atoms with Crippen LogP contribution in [-0.4, -0.2) is 35.6 Å². The van der Waals surface area contributed by atoms with Crippen molar-refractivity contribution in [2.75, 3.05) is 19.6 Å². The van der Waals surface area contributed by atoms with Crippen LogP contribution in [0.1, 0.15) is 18.4 Å². The Morgan fingerprint density at radius 3 is 2.86 bits per heavy atom. The number of aromatic nitrogens is 1. The van der Waals surface area contributed by atoms with Crippen molar-refractivity contribution in [1.82, 2.24) is 15.2 Å². The zero-order valence-electron chi connectivity index (χ0n) is 12.3. The van der Waals surface area contributed by atoms with Gasteiger partial charge in [0, 0.05) is 37.3 Å². The van der Waals surface area contributed by atoms with Crippen molar-refractivity contribution in [3.8, 4) is 12.3 Å². The number of piperidine rings is 1. The van der Waals surface area contributed by atoms with Crippen molar-refractivity contribution < 1.29 is 0 Å². The fraction of sp³-hybridized carbons (Fsp3) is 0.389. The van der Waals surface area contributed by atoms with Gasteiger partial charge in [-0.2, -0.15) is 0 Å². The fourth-order valence-corrected chi connectivity index (χ4v) is 2.99. The zero-order chi connectivity index (χ0) is 14.5. The smallest absolute Gasteiger partial charge is 0.0746 e. The second kappa shape index (κ2) is 6.71. The third-order valence-corrected chi connectivity index (χ3v) is 4.20. The molecule has 3 rings (SSSR count). The molecule has 1 fully saturated rings. The third-order valence-electron chi connectivity index (χ3n) is 4.20. The summed E-state index contributed by atoms with van der Waals surface area (Å²) in [5, 5.41) is 4.88. The average molecular weight is 279 g/mol. The van der Waals surface area contributed by atoms with Gasteiger partial charge in [0.15, 0.2) is 0 Å². The standard InChI is InChI=1S/C18H21N3/c1-2-11-21-12-8-17(9-13-21)20-14-16-6-3-5-15-7-4-10-19-18(15)16/h1,3-7,10,17,20H,8-9,11-14H2. The number of nitrogens with zero attached hydrogens (tertiary/aromatic N) is 2. The van der Waals surface area contributed by atoms with E-state index in [9.17, 15) is 0 Å². The number of nitrogens with one attached hydrogen (secondary N) is 1. The predicted octanol–water partition coefficient (Wildman–Crippen LogP) is 2.42. The molecule has 1 aromatic heterocycles. The molecular formula is C18H21N3. The van der Waals surface area contributed by atoms with Gasteiger partial charge in [-0.05, 0) is 24.5 Å². The van der Waals surface area contributed by atoms with Crippen LogP contribution in [0.2, 0.25) is 0 Å². The van der Waals surface area contributed by atoms with Crippen LogP contribution in [0.4, 0.5) is 0 Å². The summed E-state index contributed by atoms with van der Waals surface area (Å²) in [6.45, 7) is 3.85. The molecule has 1 aromatic carbocycles. The summed E-state index contributed by atoms with van der Waals surface area (Å²) in [6.07, 6.45) is 9.57. The molecule has 21 heavy (non-hydrogen) atoms. The molecule has 0 radical (unpaired) electrons. The SMILES string of the molecule is C#CCN1CCC(NCc2cccc3cccnc23)CC1. The summed E-state index contributed by atoms with van der Waals surface area (Å²) in [6, 6.07) is 11.1. The van der Waals surface area contributed by atoms with Crippen LogP contribution in [0.25, 0.3) is 10.9 Å². The molecule has 0 saturated carbocycles. The van der Waals surface area contributed by atoms with Gasteiger partial charge in [0.1, 0.15) is 0 Å². The molecule has 0 aliphatic carbocycles. The van der Waals surface area contributed by atoms with E-state index >= 15 is 0 Å². The summed E-state index contributed by atoms with van der Waals surface area (Å²) in [4.78, 5) is 6.86. The van der Waals surface area contributed by atoms with Gasteiger partial charge in [-0.3, -0.25) is 9.88 Å². The van der Waals surface area contributed by atoms with Crippen LogP contribution in [0.3, 0.4) is 0 Å². The first-order valence-electron chi connectivity index (χ1n) is 7.58. The molecule has 3 heteroatoms. The maximum absolute atomic E-state index is 5.37. The Balaban J connectivity index is 1.59. The lowest BCUT2D eigenvalue weighted by molar-refractivity contribution is 0.217. The average Bonchev–Trinajstić information content (AvgIpc) is 2.54. The lowest BCUT2D eigenvalue weighted by Gasteiger charge is -2.31. The van der Waals surface area contributed by atoms with Crippen LogP contribution < -0.4 is 5.32 Å². The number of benzene rings is 1. The molecular weight excluding hydrogens is 258 g/mol. The summed E-state index contributed by atoms with van der Waals surface area (Å²) in [5.74, 6) is 2.73. The molecule has 2 heterocycles. The number of fused-ring (bicyclic) bond motifs is 1. The molecule has 1 N–H and O–H groups in total. The molecule has 1 aliphatic rings. The van der Waals surface area contributed by atoms with Crippen molar-refractivity contribution in [1.29, 1.82) is 0 Å². The second-order valence-corrected chi connectivity index (χ2v) is 5.63. The van der Waals surface area contributed by atoms with Crippen molar-refractivity contribution in [2.45, 2.75) is 25.4 Å². The lowest BCUT2D eigenvalue weighted by atomic mass is 10.0. The van der Waals surface area contributed by atoms with Crippen LogP contribution in [0.5, 0.6) is 0 Å². The van der Waals surface area contributed by atoms with Crippen LogP contribution in [0.15, 0.2) is 36.5 Å². The molecule has 0 atom stereocenters. The predicted molar refractivity (Wildman–Crippen MR) is 86.9 cm³/mol. The number of likely N-dealkylation sites (tertiary alicyclic amines) is 1. The molecule has 1 saturated heterocycles. The highest BCUT2D eigenvalue weighted by atomic mass is 15.1. The van der Waals surface area contributed by atoms with Crippen molar-refractivity contribution in [2.24, 2.45) is 0 Å². The maximum Gasteiger partial charge on any atom is 0.0746 e. The molecule has 1 aliphatic heterocycles. The summed E-state index contributed by atoms with van der Waals surface area (Å²) < 4.78 is 0. The molecule has 0 unspecified atom stereocenters. The minimum absolute atomic E-state index is 0.581. The van der Waals surface area contributed by atoms with E-state index in [0.29, 0.717) is 6.04 Å². The van der Waals surface area contributed by atoms with Gasteiger partial charge < -0.3 is 5.32 Å². The van der Waals surface area contributed by atoms with E-state index < -0.39 is 0 Å². The number of para-hydroxylation sites is 1. The summed E-state index contributed by atoms with van der Waals surface area (Å²) in [5.41, 5.74) is 2.39. The van der Waals surface area contributed by atoms with E-state index in [2.05, 4.69) is 45.4 Å². The number of hydrogen-bond acceptors (Lipinski definition) is 3. The highest BCUT2D eigenvalue weighted by Gasteiger charge is 2.18. The van der Waals surface area contributed by atoms with Crippen molar-refractivity contribution in [3.05, 3.63) is 42.1 Å². The Morgan fingerprint density at radius 1 is 1.24 bits per heavy atom. The minimum Gasteiger partial charge on any atom is -0.310 e. The first-order chi connectivity index (χ1) is 10.4. The van der Waals surface area contributed by atoms with Crippen LogP contribution in [-0.2, 0) is 6.54 Å². The Labute approximate surface area is 126 Å². The fourth-order valence-electron chi connectivity index (χ4n) is 2.99. The van der Waals surface area contributed by atoms with Gasteiger partial charge in [0.05, 0.1) is 12.1 Å². The lowest BCUT2D eigenvalue weighted by Crippen LogP contribution is -2.42.